The average molecular weight is 783 g/mol. The van der Waals surface area contributed by atoms with Gasteiger partial charge in [0.15, 0.2) is 11.6 Å². The molecule has 0 radical (unpaired) electrons. The van der Waals surface area contributed by atoms with Gasteiger partial charge in [0.25, 0.3) is 0 Å². The molecule has 2 aromatic heterocycles. The first-order valence-electron chi connectivity index (χ1n) is 20.8. The third-order valence-electron chi connectivity index (χ3n) is 12.9. The van der Waals surface area contributed by atoms with Crippen LogP contribution in [0.15, 0.2) is 182 Å². The van der Waals surface area contributed by atoms with Gasteiger partial charge in [0.05, 0.1) is 16.8 Å². The highest BCUT2D eigenvalue weighted by Gasteiger charge is 2.49. The van der Waals surface area contributed by atoms with E-state index >= 15 is 0 Å². The molecule has 288 valence electrons. The number of benzene rings is 7. The van der Waals surface area contributed by atoms with Crippen molar-refractivity contribution in [1.82, 2.24) is 19.9 Å². The van der Waals surface area contributed by atoms with E-state index in [4.69, 9.17) is 24.7 Å². The summed E-state index contributed by atoms with van der Waals surface area (Å²) in [7, 11) is 0. The van der Waals surface area contributed by atoms with E-state index in [1.165, 1.54) is 33.4 Å². The van der Waals surface area contributed by atoms with Crippen molar-refractivity contribution in [3.63, 3.8) is 0 Å². The highest BCUT2D eigenvalue weighted by Crippen LogP contribution is 2.61. The van der Waals surface area contributed by atoms with Crippen LogP contribution in [0, 0.1) is 0 Å². The van der Waals surface area contributed by atoms with Crippen molar-refractivity contribution in [3.8, 4) is 67.9 Å². The molecule has 1 unspecified atom stereocenters. The van der Waals surface area contributed by atoms with Crippen LogP contribution in [0.3, 0.4) is 0 Å². The van der Waals surface area contributed by atoms with Crippen LogP contribution < -0.4 is 4.74 Å². The fourth-order valence-electron chi connectivity index (χ4n) is 9.96. The molecule has 3 heterocycles. The Morgan fingerprint density at radius 3 is 1.75 bits per heavy atom. The van der Waals surface area contributed by atoms with Gasteiger partial charge in [-0.05, 0) is 74.8 Å². The quantitative estimate of drug-likeness (QED) is 0.178. The molecule has 61 heavy (non-hydrogen) atoms. The molecule has 0 fully saturated rings. The lowest BCUT2D eigenvalue weighted by atomic mass is 9.61. The Labute approximate surface area is 354 Å². The molecule has 2 aliphatic carbocycles. The Kier molecular flexibility index (Phi) is 7.72. The predicted octanol–water partition coefficient (Wildman–Crippen LogP) is 13.2. The number of para-hydroxylation sites is 1. The second kappa shape index (κ2) is 13.4. The predicted molar refractivity (Wildman–Crippen MR) is 244 cm³/mol. The first kappa shape index (κ1) is 35.2. The number of nitrogens with zero attached hydrogens (tertiary/aromatic N) is 4. The Balaban J connectivity index is 1.12. The minimum atomic E-state index is -0.744. The van der Waals surface area contributed by atoms with Crippen LogP contribution in [0.4, 0.5) is 0 Å². The molecule has 1 aliphatic heterocycles. The van der Waals surface area contributed by atoms with Crippen molar-refractivity contribution < 1.29 is 4.74 Å². The van der Waals surface area contributed by atoms with Crippen molar-refractivity contribution in [2.24, 2.45) is 0 Å². The lowest BCUT2D eigenvalue weighted by Gasteiger charge is -2.43. The third kappa shape index (κ3) is 5.33. The summed E-state index contributed by atoms with van der Waals surface area (Å²) in [4.78, 5) is 20.0. The average Bonchev–Trinajstić information content (AvgIpc) is 3.44. The maximum Gasteiger partial charge on any atom is 0.160 e. The minimum Gasteiger partial charge on any atom is -0.457 e. The second-order valence-electron chi connectivity index (χ2n) is 16.6. The van der Waals surface area contributed by atoms with Crippen LogP contribution in [0.1, 0.15) is 58.4 Å². The highest BCUT2D eigenvalue weighted by molar-refractivity contribution is 5.89. The fourth-order valence-corrected chi connectivity index (χ4v) is 9.96. The van der Waals surface area contributed by atoms with E-state index in [0.717, 1.165) is 67.4 Å². The summed E-state index contributed by atoms with van der Waals surface area (Å²) in [5, 5.41) is 0. The van der Waals surface area contributed by atoms with E-state index in [-0.39, 0.29) is 5.41 Å². The smallest absolute Gasteiger partial charge is 0.160 e. The zero-order valence-electron chi connectivity index (χ0n) is 33.7. The minimum absolute atomic E-state index is 0.184. The first-order valence-corrected chi connectivity index (χ1v) is 20.8. The molecule has 12 rings (SSSR count). The third-order valence-corrected chi connectivity index (χ3v) is 12.9. The summed E-state index contributed by atoms with van der Waals surface area (Å²) >= 11 is 0. The van der Waals surface area contributed by atoms with Gasteiger partial charge in [-0.3, -0.25) is 0 Å². The van der Waals surface area contributed by atoms with Crippen molar-refractivity contribution >= 4 is 12.2 Å². The molecule has 0 saturated heterocycles. The van der Waals surface area contributed by atoms with Crippen molar-refractivity contribution in [2.75, 3.05) is 0 Å². The van der Waals surface area contributed by atoms with E-state index in [2.05, 4.69) is 147 Å². The number of ether oxygens (including phenoxy) is 1. The number of rotatable bonds is 4. The van der Waals surface area contributed by atoms with E-state index in [9.17, 15) is 0 Å². The van der Waals surface area contributed by atoms with Gasteiger partial charge in [-0.1, -0.05) is 166 Å². The van der Waals surface area contributed by atoms with Crippen LogP contribution in [-0.2, 0) is 10.8 Å². The van der Waals surface area contributed by atoms with Gasteiger partial charge >= 0.3 is 0 Å². The molecule has 1 spiro atoms. The van der Waals surface area contributed by atoms with E-state index in [1.807, 2.05) is 60.9 Å². The van der Waals surface area contributed by atoms with Crippen molar-refractivity contribution in [2.45, 2.75) is 24.7 Å². The van der Waals surface area contributed by atoms with E-state index in [1.54, 1.807) is 0 Å². The van der Waals surface area contributed by atoms with Crippen molar-refractivity contribution in [1.29, 1.82) is 0 Å². The lowest BCUT2D eigenvalue weighted by molar-refractivity contribution is 0.433. The highest BCUT2D eigenvalue weighted by atomic mass is 16.5. The molecule has 1 atom stereocenters. The van der Waals surface area contributed by atoms with Gasteiger partial charge < -0.3 is 4.74 Å². The molecule has 0 amide bonds. The van der Waals surface area contributed by atoms with Gasteiger partial charge in [-0.25, -0.2) is 19.9 Å². The standard InChI is InChI=1S/C56H38N4O/c1-55(2)44-22-12-10-20-41(44)42-30-48-52(31-47(42)55)61-51-24-14-13-23-45(51)56(48)43-21-11-9-15-35(43)25-26-36-27-28-39(29-46(36)56)49-32-50(60-54(59-49)38-18-7-4-8-19-38)40-33-57-53(58-34-40)37-16-5-3-6-17-37/h3-34H,1-2H3. The fraction of sp³-hybridized carbons (Fsp3) is 0.0714. The zero-order valence-corrected chi connectivity index (χ0v) is 33.7. The largest absolute Gasteiger partial charge is 0.457 e. The molecule has 5 nitrogen and oxygen atoms in total. The van der Waals surface area contributed by atoms with Crippen molar-refractivity contribution in [3.05, 3.63) is 227 Å². The normalized spacial score (nSPS) is 16.0. The van der Waals surface area contributed by atoms with Crippen LogP contribution in [0.25, 0.3) is 68.6 Å². The molecule has 7 aromatic carbocycles. The van der Waals surface area contributed by atoms with Crippen LogP contribution in [0.2, 0.25) is 0 Å². The SMILES string of the molecule is CC1(C)c2ccccc2-c2cc3c(cc21)Oc1ccccc1C31c2ccccc2C=Cc2ccc(-c3cc(-c4cnc(-c5ccccc5)nc4)nc(-c4ccccc4)n3)cc21. The van der Waals surface area contributed by atoms with Gasteiger partial charge in [0.1, 0.15) is 11.5 Å². The molecular weight excluding hydrogens is 745 g/mol. The molecule has 3 aliphatic rings. The van der Waals surface area contributed by atoms with Crippen LogP contribution in [-0.4, -0.2) is 19.9 Å². The monoisotopic (exact) mass is 782 g/mol. The number of aromatic nitrogens is 4. The van der Waals surface area contributed by atoms with Gasteiger partial charge in [0, 0.05) is 51.2 Å². The molecule has 5 heteroatoms. The van der Waals surface area contributed by atoms with Crippen LogP contribution in [0.5, 0.6) is 11.5 Å². The molecule has 0 saturated carbocycles. The zero-order chi connectivity index (χ0) is 40.7. The van der Waals surface area contributed by atoms with Crippen LogP contribution >= 0.6 is 0 Å². The molecule has 0 N–H and O–H groups in total. The molecular formula is C56H38N4O. The number of fused-ring (bicyclic) bond motifs is 11. The maximum atomic E-state index is 7.02. The molecule has 0 bridgehead atoms. The second-order valence-corrected chi connectivity index (χ2v) is 16.6. The summed E-state index contributed by atoms with van der Waals surface area (Å²) < 4.78 is 7.02. The first-order chi connectivity index (χ1) is 30.0. The Morgan fingerprint density at radius 1 is 0.393 bits per heavy atom. The van der Waals surface area contributed by atoms with Gasteiger partial charge in [-0.2, -0.15) is 0 Å². The van der Waals surface area contributed by atoms with E-state index < -0.39 is 5.41 Å². The molecule has 9 aromatic rings. The Morgan fingerprint density at radius 2 is 1.00 bits per heavy atom. The van der Waals surface area contributed by atoms with Gasteiger partial charge in [0.2, 0.25) is 0 Å². The van der Waals surface area contributed by atoms with E-state index in [0.29, 0.717) is 11.6 Å². The summed E-state index contributed by atoms with van der Waals surface area (Å²) in [6, 6.07) is 60.1. The number of hydrogen-bond donors (Lipinski definition) is 0. The Hall–Kier alpha value is -7.76. The summed E-state index contributed by atoms with van der Waals surface area (Å²) in [6.45, 7) is 4.65. The van der Waals surface area contributed by atoms with Gasteiger partial charge in [-0.15, -0.1) is 0 Å². The lowest BCUT2D eigenvalue weighted by Crippen LogP contribution is -2.35. The maximum absolute atomic E-state index is 7.02. The summed E-state index contributed by atoms with van der Waals surface area (Å²) in [5.74, 6) is 3.03. The topological polar surface area (TPSA) is 60.8 Å². The Bertz CT molecular complexity index is 3250. The summed E-state index contributed by atoms with van der Waals surface area (Å²) in [6.07, 6.45) is 8.25. The number of hydrogen-bond acceptors (Lipinski definition) is 5. The summed E-state index contributed by atoms with van der Waals surface area (Å²) in [5.41, 5.74) is 16.3.